The van der Waals surface area contributed by atoms with E-state index in [2.05, 4.69) is 15.5 Å². The van der Waals surface area contributed by atoms with Crippen molar-refractivity contribution < 1.29 is 5.11 Å². The van der Waals surface area contributed by atoms with E-state index in [1.165, 1.54) is 24.6 Å². The molecule has 1 fully saturated rings. The van der Waals surface area contributed by atoms with Crippen LogP contribution in [0.15, 0.2) is 9.95 Å². The van der Waals surface area contributed by atoms with E-state index in [0.717, 1.165) is 6.42 Å². The van der Waals surface area contributed by atoms with Gasteiger partial charge in [0.1, 0.15) is 0 Å². The van der Waals surface area contributed by atoms with Gasteiger partial charge in [0, 0.05) is 24.9 Å². The van der Waals surface area contributed by atoms with Crippen molar-refractivity contribution in [2.45, 2.75) is 50.0 Å². The number of H-pyrrole nitrogens is 1. The summed E-state index contributed by atoms with van der Waals surface area (Å²) in [5.74, 6) is 0.549. The summed E-state index contributed by atoms with van der Waals surface area (Å²) in [6, 6.07) is 0.605. The first kappa shape index (κ1) is 13.6. The van der Waals surface area contributed by atoms with E-state index in [1.807, 2.05) is 6.92 Å². The maximum atomic E-state index is 11.5. The summed E-state index contributed by atoms with van der Waals surface area (Å²) in [5.41, 5.74) is -0.176. The second-order valence-electron chi connectivity index (χ2n) is 4.61. The van der Waals surface area contributed by atoms with Crippen LogP contribution in [-0.2, 0) is 6.54 Å². The van der Waals surface area contributed by atoms with Crippen LogP contribution >= 0.6 is 11.8 Å². The molecule has 0 bridgehead atoms. The second-order valence-corrected chi connectivity index (χ2v) is 5.60. The van der Waals surface area contributed by atoms with Crippen LogP contribution in [0.5, 0.6) is 0 Å². The molecule has 1 aromatic heterocycles. The number of nitrogens with zero attached hydrogens (tertiary/aromatic N) is 2. The van der Waals surface area contributed by atoms with Gasteiger partial charge in [0.2, 0.25) is 0 Å². The van der Waals surface area contributed by atoms with Gasteiger partial charge in [-0.25, -0.2) is 9.89 Å². The molecule has 0 spiro atoms. The van der Waals surface area contributed by atoms with Crippen molar-refractivity contribution in [3.63, 3.8) is 0 Å². The number of nitrogens with one attached hydrogen (secondary N) is 2. The summed E-state index contributed by atoms with van der Waals surface area (Å²) in [4.78, 5) is 11.5. The number of aliphatic hydroxyl groups is 1. The van der Waals surface area contributed by atoms with E-state index in [1.54, 1.807) is 4.57 Å². The fourth-order valence-corrected chi connectivity index (χ4v) is 2.55. The molecule has 0 aromatic carbocycles. The predicted octanol–water partition coefficient (Wildman–Crippen LogP) is 0.186. The molecule has 18 heavy (non-hydrogen) atoms. The number of aromatic nitrogens is 3. The molecule has 3 N–H and O–H groups in total. The lowest BCUT2D eigenvalue weighted by Gasteiger charge is -2.10. The third-order valence-electron chi connectivity index (χ3n) is 2.79. The van der Waals surface area contributed by atoms with Gasteiger partial charge in [-0.2, -0.15) is 0 Å². The van der Waals surface area contributed by atoms with Crippen molar-refractivity contribution in [3.8, 4) is 0 Å². The van der Waals surface area contributed by atoms with E-state index in [0.29, 0.717) is 30.0 Å². The van der Waals surface area contributed by atoms with Crippen molar-refractivity contribution in [2.75, 3.05) is 12.3 Å². The summed E-state index contributed by atoms with van der Waals surface area (Å²) in [7, 11) is 0. The van der Waals surface area contributed by atoms with Gasteiger partial charge in [-0.15, -0.1) is 5.10 Å². The van der Waals surface area contributed by atoms with E-state index < -0.39 is 6.10 Å². The Hall–Kier alpha value is -0.790. The highest BCUT2D eigenvalue weighted by atomic mass is 32.2. The molecule has 0 saturated heterocycles. The third-order valence-corrected chi connectivity index (χ3v) is 3.92. The van der Waals surface area contributed by atoms with Crippen LogP contribution in [0.3, 0.4) is 0 Å². The Kier molecular flexibility index (Phi) is 4.85. The molecule has 0 radical (unpaired) electrons. The highest BCUT2D eigenvalue weighted by molar-refractivity contribution is 7.99. The predicted molar refractivity (Wildman–Crippen MR) is 70.9 cm³/mol. The smallest absolute Gasteiger partial charge is 0.343 e. The highest BCUT2D eigenvalue weighted by Crippen LogP contribution is 2.19. The highest BCUT2D eigenvalue weighted by Gasteiger charge is 2.21. The van der Waals surface area contributed by atoms with Crippen LogP contribution in [0.4, 0.5) is 0 Å². The molecule has 0 amide bonds. The zero-order valence-electron chi connectivity index (χ0n) is 10.6. The molecule has 6 nitrogen and oxygen atoms in total. The summed E-state index contributed by atoms with van der Waals surface area (Å²) >= 11 is 1.42. The largest absolute Gasteiger partial charge is 0.391 e. The second kappa shape index (κ2) is 6.40. The number of rotatable bonds is 8. The quantitative estimate of drug-likeness (QED) is 0.588. The fraction of sp³-hybridized carbons (Fsp3) is 0.818. The molecular weight excluding hydrogens is 252 g/mol. The number of hydrogen-bond acceptors (Lipinski definition) is 5. The first-order valence-electron chi connectivity index (χ1n) is 6.40. The minimum absolute atomic E-state index is 0.176. The molecule has 1 saturated carbocycles. The molecule has 0 aliphatic heterocycles. The van der Waals surface area contributed by atoms with Crippen molar-refractivity contribution in [3.05, 3.63) is 10.5 Å². The first-order chi connectivity index (χ1) is 8.70. The molecule has 1 aliphatic carbocycles. The Morgan fingerprint density at radius 2 is 2.44 bits per heavy atom. The molecule has 1 heterocycles. The third kappa shape index (κ3) is 3.86. The molecule has 7 heteroatoms. The Morgan fingerprint density at radius 1 is 1.67 bits per heavy atom. The topological polar surface area (TPSA) is 82.9 Å². The number of aromatic amines is 1. The van der Waals surface area contributed by atoms with Gasteiger partial charge in [-0.1, -0.05) is 18.7 Å². The standard InChI is InChI=1S/C11H20N4O2S/c1-2-5-15-10(17)13-14-11(15)18-7-9(16)6-12-8-3-4-8/h8-9,12,16H,2-7H2,1H3,(H,13,17). The summed E-state index contributed by atoms with van der Waals surface area (Å²) in [6.45, 7) is 3.29. The molecule has 1 aromatic rings. The zero-order valence-corrected chi connectivity index (χ0v) is 11.4. The number of hydrogen-bond donors (Lipinski definition) is 3. The van der Waals surface area contributed by atoms with Crippen LogP contribution in [0, 0.1) is 0 Å². The van der Waals surface area contributed by atoms with E-state index >= 15 is 0 Å². The van der Waals surface area contributed by atoms with Gasteiger partial charge in [0.05, 0.1) is 6.10 Å². The van der Waals surface area contributed by atoms with Gasteiger partial charge < -0.3 is 10.4 Å². The van der Waals surface area contributed by atoms with Gasteiger partial charge in [0.15, 0.2) is 5.16 Å². The maximum Gasteiger partial charge on any atom is 0.343 e. The minimum atomic E-state index is -0.405. The van der Waals surface area contributed by atoms with Gasteiger partial charge in [-0.3, -0.25) is 4.57 Å². The first-order valence-corrected chi connectivity index (χ1v) is 7.38. The summed E-state index contributed by atoms with van der Waals surface area (Å²) in [6.07, 6.45) is 2.92. The zero-order chi connectivity index (χ0) is 13.0. The lowest BCUT2D eigenvalue weighted by atomic mass is 10.4. The van der Waals surface area contributed by atoms with Gasteiger partial charge in [-0.05, 0) is 19.3 Å². The van der Waals surface area contributed by atoms with Crippen LogP contribution < -0.4 is 11.0 Å². The van der Waals surface area contributed by atoms with Crippen molar-refractivity contribution in [2.24, 2.45) is 0 Å². The van der Waals surface area contributed by atoms with Gasteiger partial charge in [0.25, 0.3) is 0 Å². The van der Waals surface area contributed by atoms with Gasteiger partial charge >= 0.3 is 5.69 Å². The average molecular weight is 272 g/mol. The van der Waals surface area contributed by atoms with Crippen LogP contribution in [0.25, 0.3) is 0 Å². The van der Waals surface area contributed by atoms with Crippen LogP contribution in [0.2, 0.25) is 0 Å². The van der Waals surface area contributed by atoms with E-state index in [4.69, 9.17) is 0 Å². The molecule has 1 atom stereocenters. The molecular formula is C11H20N4O2S. The number of thioether (sulfide) groups is 1. The van der Waals surface area contributed by atoms with Crippen LogP contribution in [0.1, 0.15) is 26.2 Å². The Morgan fingerprint density at radius 3 is 3.11 bits per heavy atom. The average Bonchev–Trinajstić information content (AvgIpc) is 3.12. The monoisotopic (exact) mass is 272 g/mol. The summed E-state index contributed by atoms with van der Waals surface area (Å²) < 4.78 is 1.62. The Labute approximate surface area is 110 Å². The maximum absolute atomic E-state index is 11.5. The van der Waals surface area contributed by atoms with Crippen molar-refractivity contribution >= 4 is 11.8 Å². The van der Waals surface area contributed by atoms with Crippen molar-refractivity contribution in [1.29, 1.82) is 0 Å². The SMILES string of the molecule is CCCn1c(SCC(O)CNC2CC2)n[nH]c1=O. The fourth-order valence-electron chi connectivity index (χ4n) is 1.65. The minimum Gasteiger partial charge on any atom is -0.391 e. The van der Waals surface area contributed by atoms with E-state index in [9.17, 15) is 9.90 Å². The lowest BCUT2D eigenvalue weighted by Crippen LogP contribution is -2.30. The molecule has 1 aliphatic rings. The van der Waals surface area contributed by atoms with Crippen LogP contribution in [-0.4, -0.2) is 44.3 Å². The van der Waals surface area contributed by atoms with Crippen molar-refractivity contribution in [1.82, 2.24) is 20.1 Å². The normalized spacial score (nSPS) is 17.0. The molecule has 2 rings (SSSR count). The molecule has 1 unspecified atom stereocenters. The van der Waals surface area contributed by atoms with E-state index in [-0.39, 0.29) is 5.69 Å². The molecule has 102 valence electrons. The summed E-state index contributed by atoms with van der Waals surface area (Å²) in [5, 5.41) is 20.2. The number of aliphatic hydroxyl groups excluding tert-OH is 1. The Bertz CT molecular complexity index is 427. The Balaban J connectivity index is 1.79. The lowest BCUT2D eigenvalue weighted by molar-refractivity contribution is 0.195.